The minimum absolute atomic E-state index is 0.183. The van der Waals surface area contributed by atoms with Gasteiger partial charge in [-0.3, -0.25) is 14.6 Å². The molecular formula is C28H41N3O3. The molecule has 1 aliphatic rings. The fourth-order valence-electron chi connectivity index (χ4n) is 5.05. The zero-order valence-electron chi connectivity index (χ0n) is 21.5. The van der Waals surface area contributed by atoms with E-state index in [9.17, 15) is 4.79 Å². The molecule has 1 heterocycles. The second-order valence-electron chi connectivity index (χ2n) is 9.36. The van der Waals surface area contributed by atoms with Crippen molar-refractivity contribution in [3.8, 4) is 5.75 Å². The molecular weight excluding hydrogens is 426 g/mol. The highest BCUT2D eigenvalue weighted by molar-refractivity contribution is 5.86. The van der Waals surface area contributed by atoms with Crippen molar-refractivity contribution in [2.75, 3.05) is 54.6 Å². The van der Waals surface area contributed by atoms with Gasteiger partial charge in [0.25, 0.3) is 0 Å². The lowest BCUT2D eigenvalue weighted by molar-refractivity contribution is -0.147. The van der Waals surface area contributed by atoms with Crippen molar-refractivity contribution < 1.29 is 14.3 Å². The molecule has 0 N–H and O–H groups in total. The number of benzene rings is 2. The van der Waals surface area contributed by atoms with Crippen LogP contribution in [0.4, 0.5) is 0 Å². The lowest BCUT2D eigenvalue weighted by Crippen LogP contribution is -2.62. The zero-order chi connectivity index (χ0) is 24.6. The Bertz CT molecular complexity index is 925. The molecule has 6 nitrogen and oxygen atoms in total. The number of rotatable bonds is 11. The molecule has 3 rings (SSSR count). The van der Waals surface area contributed by atoms with Crippen LogP contribution in [0, 0.1) is 0 Å². The van der Waals surface area contributed by atoms with E-state index in [0.717, 1.165) is 56.8 Å². The van der Waals surface area contributed by atoms with Gasteiger partial charge >= 0.3 is 0 Å². The van der Waals surface area contributed by atoms with Crippen molar-refractivity contribution in [3.63, 3.8) is 0 Å². The standard InChI is InChI=1S/C28H41N3O3/c1-6-24-11-7-8-12-25(24)22-31-16-14-28(15-17-31,30(3)18-19-33-4)27(32)29(2)21-23-10-9-13-26(20-23)34-5/h7-13,20H,6,14-19,21-22H2,1-5H3. The van der Waals surface area contributed by atoms with Crippen LogP contribution in [0.1, 0.15) is 36.5 Å². The van der Waals surface area contributed by atoms with Gasteiger partial charge in [0.05, 0.1) is 13.7 Å². The van der Waals surface area contributed by atoms with Gasteiger partial charge in [0, 0.05) is 46.9 Å². The predicted octanol–water partition coefficient (Wildman–Crippen LogP) is 3.83. The van der Waals surface area contributed by atoms with E-state index in [-0.39, 0.29) is 5.91 Å². The summed E-state index contributed by atoms with van der Waals surface area (Å²) >= 11 is 0. The summed E-state index contributed by atoms with van der Waals surface area (Å²) in [6, 6.07) is 16.6. The lowest BCUT2D eigenvalue weighted by atomic mass is 9.84. The number of hydrogen-bond donors (Lipinski definition) is 0. The molecule has 0 unspecified atom stereocenters. The van der Waals surface area contributed by atoms with Crippen molar-refractivity contribution in [3.05, 3.63) is 65.2 Å². The van der Waals surface area contributed by atoms with Crippen molar-refractivity contribution in [2.45, 2.75) is 44.8 Å². The topological polar surface area (TPSA) is 45.2 Å². The SMILES string of the molecule is CCc1ccccc1CN1CCC(C(=O)N(C)Cc2cccc(OC)c2)(N(C)CCOC)CC1. The Hall–Kier alpha value is -2.41. The Labute approximate surface area is 205 Å². The van der Waals surface area contributed by atoms with Gasteiger partial charge in [0.15, 0.2) is 0 Å². The second-order valence-corrected chi connectivity index (χ2v) is 9.36. The van der Waals surface area contributed by atoms with Gasteiger partial charge in [-0.1, -0.05) is 43.3 Å². The van der Waals surface area contributed by atoms with Crippen LogP contribution in [-0.2, 0) is 29.0 Å². The number of hydrogen-bond acceptors (Lipinski definition) is 5. The molecule has 6 heteroatoms. The number of piperidine rings is 1. The first-order chi connectivity index (χ1) is 16.4. The van der Waals surface area contributed by atoms with Crippen LogP contribution < -0.4 is 4.74 Å². The van der Waals surface area contributed by atoms with E-state index in [1.807, 2.05) is 36.2 Å². The Morgan fingerprint density at radius 1 is 1.03 bits per heavy atom. The molecule has 0 aromatic heterocycles. The van der Waals surface area contributed by atoms with Gasteiger partial charge in [-0.15, -0.1) is 0 Å². The Kier molecular flexibility index (Phi) is 9.51. The van der Waals surface area contributed by atoms with Gasteiger partial charge in [0.1, 0.15) is 11.3 Å². The summed E-state index contributed by atoms with van der Waals surface area (Å²) < 4.78 is 10.7. The van der Waals surface area contributed by atoms with E-state index in [0.29, 0.717) is 13.2 Å². The average Bonchev–Trinajstić information content (AvgIpc) is 2.87. The van der Waals surface area contributed by atoms with E-state index in [2.05, 4.69) is 48.0 Å². The molecule has 0 saturated carbocycles. The van der Waals surface area contributed by atoms with Gasteiger partial charge in [-0.25, -0.2) is 0 Å². The number of nitrogens with zero attached hydrogens (tertiary/aromatic N) is 3. The van der Waals surface area contributed by atoms with Crippen LogP contribution in [0.15, 0.2) is 48.5 Å². The number of aryl methyl sites for hydroxylation is 1. The first-order valence-corrected chi connectivity index (χ1v) is 12.3. The normalized spacial score (nSPS) is 15.9. The van der Waals surface area contributed by atoms with Crippen LogP contribution in [0.2, 0.25) is 0 Å². The molecule has 0 bridgehead atoms. The molecule has 0 aliphatic carbocycles. The van der Waals surface area contributed by atoms with Crippen molar-refractivity contribution in [2.24, 2.45) is 0 Å². The zero-order valence-corrected chi connectivity index (χ0v) is 21.5. The quantitative estimate of drug-likeness (QED) is 0.503. The first kappa shape index (κ1) is 26.2. The van der Waals surface area contributed by atoms with Crippen molar-refractivity contribution in [1.82, 2.24) is 14.7 Å². The lowest BCUT2D eigenvalue weighted by Gasteiger charge is -2.47. The summed E-state index contributed by atoms with van der Waals surface area (Å²) in [5, 5.41) is 0. The predicted molar refractivity (Wildman–Crippen MR) is 137 cm³/mol. The molecule has 0 spiro atoms. The minimum Gasteiger partial charge on any atom is -0.497 e. The number of ether oxygens (including phenoxy) is 2. The summed E-state index contributed by atoms with van der Waals surface area (Å²) in [6.45, 7) is 6.84. The highest BCUT2D eigenvalue weighted by Crippen LogP contribution is 2.32. The van der Waals surface area contributed by atoms with Crippen LogP contribution >= 0.6 is 0 Å². The molecule has 2 aromatic carbocycles. The van der Waals surface area contributed by atoms with Crippen LogP contribution in [-0.4, -0.2) is 80.7 Å². The fraction of sp³-hybridized carbons (Fsp3) is 0.536. The summed E-state index contributed by atoms with van der Waals surface area (Å²) in [7, 11) is 7.36. The summed E-state index contributed by atoms with van der Waals surface area (Å²) in [5.74, 6) is 0.994. The van der Waals surface area contributed by atoms with E-state index >= 15 is 0 Å². The molecule has 1 amide bonds. The fourth-order valence-corrected chi connectivity index (χ4v) is 5.05. The highest BCUT2D eigenvalue weighted by Gasteiger charge is 2.46. The third-order valence-electron chi connectivity index (χ3n) is 7.24. The van der Waals surface area contributed by atoms with E-state index in [1.165, 1.54) is 11.1 Å². The number of likely N-dealkylation sites (N-methyl/N-ethyl adjacent to an activating group) is 2. The molecule has 1 aliphatic heterocycles. The van der Waals surface area contributed by atoms with Crippen LogP contribution in [0.3, 0.4) is 0 Å². The molecule has 34 heavy (non-hydrogen) atoms. The molecule has 1 saturated heterocycles. The smallest absolute Gasteiger partial charge is 0.243 e. The van der Waals surface area contributed by atoms with Crippen LogP contribution in [0.25, 0.3) is 0 Å². The van der Waals surface area contributed by atoms with Gasteiger partial charge in [0.2, 0.25) is 5.91 Å². The number of methoxy groups -OCH3 is 2. The Morgan fingerprint density at radius 3 is 2.38 bits per heavy atom. The third-order valence-corrected chi connectivity index (χ3v) is 7.24. The van der Waals surface area contributed by atoms with E-state index < -0.39 is 5.54 Å². The number of carbonyl (C=O) groups is 1. The second kappa shape index (κ2) is 12.3. The molecule has 2 aromatic rings. The van der Waals surface area contributed by atoms with Crippen molar-refractivity contribution in [1.29, 1.82) is 0 Å². The Balaban J connectivity index is 1.74. The van der Waals surface area contributed by atoms with Crippen molar-refractivity contribution >= 4 is 5.91 Å². The molecule has 1 fully saturated rings. The number of carbonyl (C=O) groups excluding carboxylic acids is 1. The molecule has 0 atom stereocenters. The van der Waals surface area contributed by atoms with Crippen LogP contribution in [0.5, 0.6) is 5.75 Å². The van der Waals surface area contributed by atoms with Gasteiger partial charge in [-0.05, 0) is 55.1 Å². The summed E-state index contributed by atoms with van der Waals surface area (Å²) in [6.07, 6.45) is 2.66. The monoisotopic (exact) mass is 467 g/mol. The first-order valence-electron chi connectivity index (χ1n) is 12.3. The van der Waals surface area contributed by atoms with Gasteiger partial charge < -0.3 is 14.4 Å². The maximum absolute atomic E-state index is 13.9. The maximum Gasteiger partial charge on any atom is 0.243 e. The largest absolute Gasteiger partial charge is 0.497 e. The van der Waals surface area contributed by atoms with E-state index in [4.69, 9.17) is 9.47 Å². The summed E-state index contributed by atoms with van der Waals surface area (Å²) in [4.78, 5) is 20.5. The number of likely N-dealkylation sites (tertiary alicyclic amines) is 1. The number of amides is 1. The van der Waals surface area contributed by atoms with Gasteiger partial charge in [-0.2, -0.15) is 0 Å². The highest BCUT2D eigenvalue weighted by atomic mass is 16.5. The summed E-state index contributed by atoms with van der Waals surface area (Å²) in [5.41, 5.74) is 3.35. The minimum atomic E-state index is -0.521. The molecule has 0 radical (unpaired) electrons. The third kappa shape index (κ3) is 6.17. The maximum atomic E-state index is 13.9. The average molecular weight is 468 g/mol. The van der Waals surface area contributed by atoms with E-state index in [1.54, 1.807) is 14.2 Å². The Morgan fingerprint density at radius 2 is 1.74 bits per heavy atom. The molecule has 186 valence electrons.